The lowest BCUT2D eigenvalue weighted by Crippen LogP contribution is -2.23. The Balaban J connectivity index is 0.00000245. The maximum absolute atomic E-state index is 6.08. The van der Waals surface area contributed by atoms with E-state index in [0.717, 1.165) is 40.5 Å². The molecule has 0 atom stereocenters. The van der Waals surface area contributed by atoms with E-state index in [4.69, 9.17) is 16.6 Å². The zero-order valence-electron chi connectivity index (χ0n) is 17.6. The minimum Gasteiger partial charge on any atom is -0.351 e. The SMILES string of the molecule is Cl.Clc1cccc(CCc2nccc(-c3[nH]nc4nc(NC5CCCCC5)ncc34)n2)c1. The molecular formula is C23H25Cl2N7. The molecule has 4 aromatic rings. The molecule has 0 saturated heterocycles. The highest BCUT2D eigenvalue weighted by atomic mass is 35.5. The smallest absolute Gasteiger partial charge is 0.224 e. The van der Waals surface area contributed by atoms with E-state index in [2.05, 4.69) is 36.5 Å². The molecule has 3 heterocycles. The van der Waals surface area contributed by atoms with Gasteiger partial charge in [-0.2, -0.15) is 10.1 Å². The van der Waals surface area contributed by atoms with Crippen molar-refractivity contribution in [2.24, 2.45) is 0 Å². The Hall–Kier alpha value is -2.77. The van der Waals surface area contributed by atoms with Crippen LogP contribution in [-0.2, 0) is 12.8 Å². The predicted octanol–water partition coefficient (Wildman–Crippen LogP) is 5.41. The molecule has 0 unspecified atom stereocenters. The van der Waals surface area contributed by atoms with Gasteiger partial charge in [-0.3, -0.25) is 5.10 Å². The molecule has 0 bridgehead atoms. The number of hydrogen-bond acceptors (Lipinski definition) is 6. The second kappa shape index (κ2) is 10.2. The van der Waals surface area contributed by atoms with Crippen LogP contribution in [0.25, 0.3) is 22.4 Å². The summed E-state index contributed by atoms with van der Waals surface area (Å²) in [7, 11) is 0. The highest BCUT2D eigenvalue weighted by Crippen LogP contribution is 2.25. The number of halogens is 2. The van der Waals surface area contributed by atoms with Crippen LogP contribution in [0.5, 0.6) is 0 Å². The molecule has 2 N–H and O–H groups in total. The van der Waals surface area contributed by atoms with E-state index < -0.39 is 0 Å². The van der Waals surface area contributed by atoms with Crippen molar-refractivity contribution in [1.29, 1.82) is 0 Å². The topological polar surface area (TPSA) is 92.3 Å². The Morgan fingerprint density at radius 3 is 2.75 bits per heavy atom. The standard InChI is InChI=1S/C23H24ClN7.ClH/c24-16-6-4-5-15(13-16)9-10-20-25-12-11-19(28-20)21-18-14-26-23(29-22(18)31-30-21)27-17-7-2-1-3-8-17;/h4-6,11-14,17H,1-3,7-10H2,(H2,26,27,29,30,31);1H. The van der Waals surface area contributed by atoms with Crippen LogP contribution in [0.1, 0.15) is 43.5 Å². The molecule has 1 aromatic carbocycles. The lowest BCUT2D eigenvalue weighted by molar-refractivity contribution is 0.461. The zero-order chi connectivity index (χ0) is 21.0. The number of rotatable bonds is 6. The summed E-state index contributed by atoms with van der Waals surface area (Å²) in [6.45, 7) is 0. The van der Waals surface area contributed by atoms with Gasteiger partial charge in [-0.25, -0.2) is 15.0 Å². The number of aromatic amines is 1. The summed E-state index contributed by atoms with van der Waals surface area (Å²) in [6, 6.07) is 10.2. The van der Waals surface area contributed by atoms with Crippen LogP contribution in [0.2, 0.25) is 5.02 Å². The van der Waals surface area contributed by atoms with Gasteiger partial charge in [0.05, 0.1) is 16.8 Å². The van der Waals surface area contributed by atoms with Gasteiger partial charge < -0.3 is 5.32 Å². The number of nitrogens with zero attached hydrogens (tertiary/aromatic N) is 5. The molecule has 0 radical (unpaired) electrons. The van der Waals surface area contributed by atoms with Gasteiger partial charge in [0.15, 0.2) is 5.65 Å². The fraction of sp³-hybridized carbons (Fsp3) is 0.348. The molecule has 0 aliphatic heterocycles. The summed E-state index contributed by atoms with van der Waals surface area (Å²) < 4.78 is 0. The van der Waals surface area contributed by atoms with E-state index in [1.54, 1.807) is 6.20 Å². The minimum atomic E-state index is 0. The molecular weight excluding hydrogens is 445 g/mol. The third kappa shape index (κ3) is 5.16. The third-order valence-electron chi connectivity index (χ3n) is 5.74. The van der Waals surface area contributed by atoms with E-state index in [-0.39, 0.29) is 12.4 Å². The van der Waals surface area contributed by atoms with Crippen molar-refractivity contribution in [3.05, 3.63) is 59.1 Å². The van der Waals surface area contributed by atoms with Crippen molar-refractivity contribution in [3.63, 3.8) is 0 Å². The average molecular weight is 470 g/mol. The first-order valence-corrected chi connectivity index (χ1v) is 11.2. The summed E-state index contributed by atoms with van der Waals surface area (Å²) in [5, 5.41) is 12.5. The normalized spacial score (nSPS) is 14.3. The molecule has 7 nitrogen and oxygen atoms in total. The number of nitrogens with one attached hydrogen (secondary N) is 2. The highest BCUT2D eigenvalue weighted by molar-refractivity contribution is 6.30. The van der Waals surface area contributed by atoms with E-state index in [1.165, 1.54) is 37.7 Å². The van der Waals surface area contributed by atoms with Crippen LogP contribution >= 0.6 is 24.0 Å². The minimum absolute atomic E-state index is 0. The number of benzene rings is 1. The number of fused-ring (bicyclic) bond motifs is 1. The van der Waals surface area contributed by atoms with Crippen LogP contribution in [0, 0.1) is 0 Å². The van der Waals surface area contributed by atoms with Crippen molar-refractivity contribution >= 4 is 41.0 Å². The number of H-pyrrole nitrogens is 1. The molecule has 1 saturated carbocycles. The van der Waals surface area contributed by atoms with Gasteiger partial charge in [-0.1, -0.05) is 43.0 Å². The van der Waals surface area contributed by atoms with Crippen molar-refractivity contribution < 1.29 is 0 Å². The second-order valence-corrected chi connectivity index (χ2v) is 8.43. The molecule has 166 valence electrons. The summed E-state index contributed by atoms with van der Waals surface area (Å²) >= 11 is 6.08. The molecule has 1 fully saturated rings. The van der Waals surface area contributed by atoms with Gasteiger partial charge in [0.2, 0.25) is 5.95 Å². The third-order valence-corrected chi connectivity index (χ3v) is 5.97. The Kier molecular flexibility index (Phi) is 7.17. The summed E-state index contributed by atoms with van der Waals surface area (Å²) in [6.07, 6.45) is 11.3. The van der Waals surface area contributed by atoms with Crippen LogP contribution in [0.15, 0.2) is 42.7 Å². The van der Waals surface area contributed by atoms with E-state index in [0.29, 0.717) is 17.6 Å². The molecule has 9 heteroatoms. The van der Waals surface area contributed by atoms with Crippen LogP contribution < -0.4 is 5.32 Å². The Morgan fingerprint density at radius 1 is 1.03 bits per heavy atom. The number of hydrogen-bond donors (Lipinski definition) is 2. The number of aryl methyl sites for hydroxylation is 2. The van der Waals surface area contributed by atoms with Gasteiger partial charge in [0, 0.05) is 29.9 Å². The lowest BCUT2D eigenvalue weighted by Gasteiger charge is -2.22. The monoisotopic (exact) mass is 469 g/mol. The van der Waals surface area contributed by atoms with Crippen molar-refractivity contribution in [2.45, 2.75) is 51.0 Å². The van der Waals surface area contributed by atoms with Gasteiger partial charge in [0.25, 0.3) is 0 Å². The Bertz CT molecular complexity index is 1190. The summed E-state index contributed by atoms with van der Waals surface area (Å²) in [4.78, 5) is 18.3. The quantitative estimate of drug-likeness (QED) is 0.391. The zero-order valence-corrected chi connectivity index (χ0v) is 19.2. The van der Waals surface area contributed by atoms with Crippen molar-refractivity contribution in [3.8, 4) is 11.4 Å². The van der Waals surface area contributed by atoms with Crippen LogP contribution in [0.4, 0.5) is 5.95 Å². The largest absolute Gasteiger partial charge is 0.351 e. The van der Waals surface area contributed by atoms with Gasteiger partial charge in [-0.05, 0) is 43.0 Å². The van der Waals surface area contributed by atoms with E-state index in [1.807, 2.05) is 30.5 Å². The molecule has 1 aliphatic rings. The predicted molar refractivity (Wildman–Crippen MR) is 129 cm³/mol. The molecule has 0 amide bonds. The number of anilines is 1. The van der Waals surface area contributed by atoms with Gasteiger partial charge in [0.1, 0.15) is 5.82 Å². The summed E-state index contributed by atoms with van der Waals surface area (Å²) in [5.74, 6) is 1.42. The fourth-order valence-electron chi connectivity index (χ4n) is 4.11. The van der Waals surface area contributed by atoms with E-state index >= 15 is 0 Å². The second-order valence-electron chi connectivity index (χ2n) is 8.00. The highest BCUT2D eigenvalue weighted by Gasteiger charge is 2.16. The Labute approximate surface area is 197 Å². The first-order valence-electron chi connectivity index (χ1n) is 10.8. The molecule has 0 spiro atoms. The fourth-order valence-corrected chi connectivity index (χ4v) is 4.32. The van der Waals surface area contributed by atoms with Crippen molar-refractivity contribution in [1.82, 2.24) is 30.1 Å². The van der Waals surface area contributed by atoms with Gasteiger partial charge >= 0.3 is 0 Å². The molecule has 32 heavy (non-hydrogen) atoms. The lowest BCUT2D eigenvalue weighted by atomic mass is 9.96. The van der Waals surface area contributed by atoms with Crippen LogP contribution in [-0.4, -0.2) is 36.2 Å². The molecule has 1 aliphatic carbocycles. The maximum atomic E-state index is 6.08. The first kappa shape index (κ1) is 22.4. The van der Waals surface area contributed by atoms with Crippen LogP contribution in [0.3, 0.4) is 0 Å². The van der Waals surface area contributed by atoms with Gasteiger partial charge in [-0.15, -0.1) is 12.4 Å². The van der Waals surface area contributed by atoms with E-state index in [9.17, 15) is 0 Å². The maximum Gasteiger partial charge on any atom is 0.224 e. The first-order chi connectivity index (χ1) is 15.2. The molecule has 5 rings (SSSR count). The Morgan fingerprint density at radius 2 is 1.91 bits per heavy atom. The summed E-state index contributed by atoms with van der Waals surface area (Å²) in [5.41, 5.74) is 3.41. The molecule has 3 aromatic heterocycles. The van der Waals surface area contributed by atoms with Crippen molar-refractivity contribution in [2.75, 3.05) is 5.32 Å². The number of aromatic nitrogens is 6. The average Bonchev–Trinajstić information content (AvgIpc) is 3.22.